The molecule has 3 aromatic carbocycles. The van der Waals surface area contributed by atoms with Crippen LogP contribution in [0.3, 0.4) is 0 Å². The Balaban J connectivity index is 1.15. The second-order valence-corrected chi connectivity index (χ2v) is 12.9. The molecule has 8 rings (SSSR count). The summed E-state index contributed by atoms with van der Waals surface area (Å²) >= 11 is 0. The van der Waals surface area contributed by atoms with Crippen LogP contribution in [0.5, 0.6) is 17.2 Å². The van der Waals surface area contributed by atoms with Crippen molar-refractivity contribution < 1.29 is 19.0 Å². The summed E-state index contributed by atoms with van der Waals surface area (Å²) in [6.45, 7) is 1.13. The highest BCUT2D eigenvalue weighted by Crippen LogP contribution is 2.55. The van der Waals surface area contributed by atoms with E-state index < -0.39 is 0 Å². The van der Waals surface area contributed by atoms with Crippen LogP contribution in [0.25, 0.3) is 10.9 Å². The van der Waals surface area contributed by atoms with Crippen molar-refractivity contribution in [2.45, 2.75) is 63.6 Å². The number of carbonyl (C=O) groups is 1. The van der Waals surface area contributed by atoms with Crippen molar-refractivity contribution in [1.29, 1.82) is 0 Å². The summed E-state index contributed by atoms with van der Waals surface area (Å²) in [6.07, 6.45) is 10.1. The number of aromatic nitrogens is 1. The topological polar surface area (TPSA) is 61.7 Å². The molecule has 218 valence electrons. The standard InChI is InChI=1S/C36H40N2O4/c1-40-30-7-3-5-24(14-30)21-38-22-29(16-35(39)37-36-18-26-11-27(19-36)13-28(12-26)20-36)33-17-32(9-10-34(33)38)42-23-25-6-4-8-31(15-25)41-2/h3-10,14-15,17,22,26-28H,11-13,16,18-21,23H2,1-2H3,(H,37,39). The van der Waals surface area contributed by atoms with Crippen molar-refractivity contribution in [2.24, 2.45) is 17.8 Å². The lowest BCUT2D eigenvalue weighted by atomic mass is 9.53. The number of methoxy groups -OCH3 is 2. The van der Waals surface area contributed by atoms with E-state index in [4.69, 9.17) is 14.2 Å². The first-order valence-electron chi connectivity index (χ1n) is 15.3. The molecule has 0 radical (unpaired) electrons. The zero-order valence-corrected chi connectivity index (χ0v) is 24.6. The Bertz CT molecular complexity index is 1570. The molecule has 6 heteroatoms. The van der Waals surface area contributed by atoms with Gasteiger partial charge in [0, 0.05) is 29.2 Å². The fourth-order valence-electron chi connectivity index (χ4n) is 8.38. The molecule has 1 aromatic heterocycles. The van der Waals surface area contributed by atoms with Crippen LogP contribution >= 0.6 is 0 Å². The molecule has 4 saturated carbocycles. The van der Waals surface area contributed by atoms with Crippen LogP contribution in [0, 0.1) is 17.8 Å². The van der Waals surface area contributed by atoms with Gasteiger partial charge in [0.1, 0.15) is 23.9 Å². The number of carbonyl (C=O) groups excluding carboxylic acids is 1. The van der Waals surface area contributed by atoms with Crippen LogP contribution in [0.4, 0.5) is 0 Å². The minimum Gasteiger partial charge on any atom is -0.497 e. The molecule has 0 aliphatic heterocycles. The molecule has 1 heterocycles. The number of hydrogen-bond donors (Lipinski definition) is 1. The van der Waals surface area contributed by atoms with Crippen LogP contribution in [-0.4, -0.2) is 30.2 Å². The average Bonchev–Trinajstić information content (AvgIpc) is 3.30. The van der Waals surface area contributed by atoms with Gasteiger partial charge in [-0.1, -0.05) is 24.3 Å². The molecular formula is C36H40N2O4. The first kappa shape index (κ1) is 26.9. The molecule has 0 saturated heterocycles. The zero-order valence-electron chi connectivity index (χ0n) is 24.6. The number of benzene rings is 3. The molecule has 42 heavy (non-hydrogen) atoms. The van der Waals surface area contributed by atoms with Crippen molar-refractivity contribution in [3.63, 3.8) is 0 Å². The molecular weight excluding hydrogens is 524 g/mol. The number of fused-ring (bicyclic) bond motifs is 1. The molecule has 1 amide bonds. The van der Waals surface area contributed by atoms with E-state index in [9.17, 15) is 4.79 Å². The van der Waals surface area contributed by atoms with Crippen molar-refractivity contribution >= 4 is 16.8 Å². The number of rotatable bonds is 10. The van der Waals surface area contributed by atoms with Crippen LogP contribution in [0.1, 0.15) is 55.2 Å². The van der Waals surface area contributed by atoms with Gasteiger partial charge < -0.3 is 24.1 Å². The molecule has 4 fully saturated rings. The number of nitrogens with one attached hydrogen (secondary N) is 1. The number of hydrogen-bond acceptors (Lipinski definition) is 4. The third-order valence-corrected chi connectivity index (χ3v) is 9.76. The van der Waals surface area contributed by atoms with E-state index in [0.29, 0.717) is 19.6 Å². The van der Waals surface area contributed by atoms with Gasteiger partial charge in [-0.25, -0.2) is 0 Å². The Morgan fingerprint density at radius 1 is 0.833 bits per heavy atom. The maximum atomic E-state index is 13.7. The molecule has 4 aliphatic carbocycles. The van der Waals surface area contributed by atoms with Crippen molar-refractivity contribution in [3.8, 4) is 17.2 Å². The third-order valence-electron chi connectivity index (χ3n) is 9.76. The maximum absolute atomic E-state index is 13.7. The largest absolute Gasteiger partial charge is 0.497 e. The third kappa shape index (κ3) is 5.47. The van der Waals surface area contributed by atoms with E-state index in [1.807, 2.05) is 42.5 Å². The summed E-state index contributed by atoms with van der Waals surface area (Å²) in [5.41, 5.74) is 4.32. The fourth-order valence-corrected chi connectivity index (χ4v) is 8.38. The molecule has 0 atom stereocenters. The maximum Gasteiger partial charge on any atom is 0.224 e. The van der Waals surface area contributed by atoms with Gasteiger partial charge in [0.25, 0.3) is 0 Å². The highest BCUT2D eigenvalue weighted by molar-refractivity contribution is 5.90. The van der Waals surface area contributed by atoms with Gasteiger partial charge >= 0.3 is 0 Å². The lowest BCUT2D eigenvalue weighted by molar-refractivity contribution is -0.126. The SMILES string of the molecule is COc1cccc(COc2ccc3c(c2)c(CC(=O)NC24CC5CC(CC(C5)C2)C4)cn3Cc2cccc(OC)c2)c1. The second kappa shape index (κ2) is 11.0. The quantitative estimate of drug-likeness (QED) is 0.227. The molecule has 0 unspecified atom stereocenters. The van der Waals surface area contributed by atoms with Crippen LogP contribution < -0.4 is 19.5 Å². The van der Waals surface area contributed by atoms with Crippen molar-refractivity contribution in [2.75, 3.05) is 14.2 Å². The van der Waals surface area contributed by atoms with Gasteiger partial charge in [0.15, 0.2) is 0 Å². The lowest BCUT2D eigenvalue weighted by Crippen LogP contribution is -2.60. The van der Waals surface area contributed by atoms with E-state index in [1.165, 1.54) is 19.3 Å². The van der Waals surface area contributed by atoms with E-state index in [1.54, 1.807) is 14.2 Å². The minimum atomic E-state index is 0.00973. The highest BCUT2D eigenvalue weighted by atomic mass is 16.5. The molecule has 4 aromatic rings. The number of nitrogens with zero attached hydrogens (tertiary/aromatic N) is 1. The Morgan fingerprint density at radius 2 is 1.48 bits per heavy atom. The molecule has 0 spiro atoms. The van der Waals surface area contributed by atoms with Crippen molar-refractivity contribution in [1.82, 2.24) is 9.88 Å². The van der Waals surface area contributed by atoms with Crippen molar-refractivity contribution in [3.05, 3.63) is 89.6 Å². The van der Waals surface area contributed by atoms with Gasteiger partial charge in [-0.3, -0.25) is 4.79 Å². The predicted molar refractivity (Wildman–Crippen MR) is 164 cm³/mol. The smallest absolute Gasteiger partial charge is 0.224 e. The summed E-state index contributed by atoms with van der Waals surface area (Å²) in [4.78, 5) is 13.7. The summed E-state index contributed by atoms with van der Waals surface area (Å²) in [5.74, 6) is 4.97. The number of ether oxygens (including phenoxy) is 3. The van der Waals surface area contributed by atoms with E-state index in [0.717, 1.165) is 81.9 Å². The van der Waals surface area contributed by atoms with Gasteiger partial charge in [-0.2, -0.15) is 0 Å². The van der Waals surface area contributed by atoms with E-state index in [-0.39, 0.29) is 11.4 Å². The summed E-state index contributed by atoms with van der Waals surface area (Å²) in [7, 11) is 3.36. The Kier molecular flexibility index (Phi) is 7.09. The van der Waals surface area contributed by atoms with Crippen LogP contribution in [-0.2, 0) is 24.4 Å². The van der Waals surface area contributed by atoms with E-state index in [2.05, 4.69) is 40.3 Å². The first-order valence-corrected chi connectivity index (χ1v) is 15.3. The van der Waals surface area contributed by atoms with Gasteiger partial charge in [0.2, 0.25) is 5.91 Å². The zero-order chi connectivity index (χ0) is 28.7. The normalized spacial score (nSPS) is 24.1. The molecule has 1 N–H and O–H groups in total. The summed E-state index contributed by atoms with van der Waals surface area (Å²) in [5, 5.41) is 4.63. The molecule has 6 nitrogen and oxygen atoms in total. The monoisotopic (exact) mass is 564 g/mol. The Morgan fingerprint density at radius 3 is 2.14 bits per heavy atom. The minimum absolute atomic E-state index is 0.00973. The number of amides is 1. The fraction of sp³-hybridized carbons (Fsp3) is 0.417. The van der Waals surface area contributed by atoms with Gasteiger partial charge in [-0.05, 0) is 115 Å². The van der Waals surface area contributed by atoms with Gasteiger partial charge in [-0.15, -0.1) is 0 Å². The first-order chi connectivity index (χ1) is 20.5. The summed E-state index contributed by atoms with van der Waals surface area (Å²) < 4.78 is 19.3. The second-order valence-electron chi connectivity index (χ2n) is 12.9. The predicted octanol–water partition coefficient (Wildman–Crippen LogP) is 6.91. The van der Waals surface area contributed by atoms with Crippen LogP contribution in [0.2, 0.25) is 0 Å². The molecule has 4 aliphatic rings. The Labute approximate surface area is 248 Å². The molecule has 4 bridgehead atoms. The van der Waals surface area contributed by atoms with Crippen LogP contribution in [0.15, 0.2) is 72.9 Å². The van der Waals surface area contributed by atoms with Gasteiger partial charge in [0.05, 0.1) is 20.6 Å². The van der Waals surface area contributed by atoms with E-state index >= 15 is 0 Å². The summed E-state index contributed by atoms with van der Waals surface area (Å²) in [6, 6.07) is 22.3. The lowest BCUT2D eigenvalue weighted by Gasteiger charge is -2.56. The highest BCUT2D eigenvalue weighted by Gasteiger charge is 2.51. The average molecular weight is 565 g/mol. The Hall–Kier alpha value is -3.93.